The number of benzene rings is 1. The van der Waals surface area contributed by atoms with Gasteiger partial charge in [0.1, 0.15) is 0 Å². The summed E-state index contributed by atoms with van der Waals surface area (Å²) in [6.07, 6.45) is 1.16. The minimum absolute atomic E-state index is 0.958. The average Bonchev–Trinajstić information content (AvgIpc) is 2.21. The van der Waals surface area contributed by atoms with Crippen LogP contribution >= 0.6 is 12.6 Å². The molecule has 1 nitrogen and oxygen atoms in total. The fraction of sp³-hybridized carbons (Fsp3) is 0.400. The van der Waals surface area contributed by atoms with Gasteiger partial charge in [0.15, 0.2) is 0 Å². The van der Waals surface area contributed by atoms with Crippen LogP contribution in [0.1, 0.15) is 6.42 Å². The van der Waals surface area contributed by atoms with Gasteiger partial charge in [-0.3, -0.25) is 0 Å². The van der Waals surface area contributed by atoms with Crippen molar-refractivity contribution in [3.05, 3.63) is 30.3 Å². The van der Waals surface area contributed by atoms with Crippen molar-refractivity contribution in [2.75, 3.05) is 12.9 Å². The smallest absolute Gasteiger partial charge is 0.207 e. The van der Waals surface area contributed by atoms with E-state index in [0.717, 1.165) is 12.2 Å². The van der Waals surface area contributed by atoms with Crippen molar-refractivity contribution in [1.82, 2.24) is 0 Å². The molecule has 1 aromatic rings. The minimum atomic E-state index is -1.14. The predicted octanol–water partition coefficient (Wildman–Crippen LogP) is 1.58. The van der Waals surface area contributed by atoms with Crippen LogP contribution in [0.5, 0.6) is 0 Å². The largest absolute Gasteiger partial charge is 0.418 e. The normalized spacial score (nSPS) is 12.8. The maximum absolute atomic E-state index is 5.54. The van der Waals surface area contributed by atoms with Crippen molar-refractivity contribution in [3.8, 4) is 0 Å². The SMILES string of the molecule is CO[SiH](CCCS)c1ccccc1. The van der Waals surface area contributed by atoms with E-state index in [-0.39, 0.29) is 0 Å². The molecule has 0 spiro atoms. The van der Waals surface area contributed by atoms with E-state index in [2.05, 4.69) is 36.9 Å². The molecule has 0 aliphatic rings. The maximum atomic E-state index is 5.54. The van der Waals surface area contributed by atoms with Gasteiger partial charge < -0.3 is 4.43 Å². The van der Waals surface area contributed by atoms with Crippen molar-refractivity contribution >= 4 is 26.9 Å². The Kier molecular flexibility index (Phi) is 5.19. The lowest BCUT2D eigenvalue weighted by atomic mass is 10.4. The zero-order valence-corrected chi connectivity index (χ0v) is 9.99. The van der Waals surface area contributed by atoms with E-state index in [0.29, 0.717) is 0 Å². The number of thiol groups is 1. The van der Waals surface area contributed by atoms with Crippen molar-refractivity contribution in [2.45, 2.75) is 12.5 Å². The van der Waals surface area contributed by atoms with Crippen LogP contribution in [0.4, 0.5) is 0 Å². The predicted molar refractivity (Wildman–Crippen MR) is 63.5 cm³/mol. The number of hydrogen-bond acceptors (Lipinski definition) is 2. The van der Waals surface area contributed by atoms with Crippen LogP contribution in [-0.4, -0.2) is 21.9 Å². The highest BCUT2D eigenvalue weighted by Gasteiger charge is 2.11. The van der Waals surface area contributed by atoms with E-state index in [1.165, 1.54) is 11.2 Å². The van der Waals surface area contributed by atoms with Crippen LogP contribution in [0.25, 0.3) is 0 Å². The first-order valence-electron chi connectivity index (χ1n) is 4.57. The van der Waals surface area contributed by atoms with E-state index in [1.54, 1.807) is 0 Å². The molecule has 0 bridgehead atoms. The molecule has 0 aliphatic heterocycles. The van der Waals surface area contributed by atoms with E-state index in [4.69, 9.17) is 4.43 Å². The molecule has 1 unspecified atom stereocenters. The van der Waals surface area contributed by atoms with Gasteiger partial charge in [0.2, 0.25) is 9.04 Å². The molecule has 3 heteroatoms. The van der Waals surface area contributed by atoms with E-state index in [1.807, 2.05) is 13.2 Å². The van der Waals surface area contributed by atoms with Crippen LogP contribution in [0, 0.1) is 0 Å². The maximum Gasteiger partial charge on any atom is 0.207 e. The molecule has 0 saturated carbocycles. The summed E-state index contributed by atoms with van der Waals surface area (Å²) in [6.45, 7) is 0. The van der Waals surface area contributed by atoms with Crippen LogP contribution in [-0.2, 0) is 4.43 Å². The molecule has 13 heavy (non-hydrogen) atoms. The highest BCUT2D eigenvalue weighted by atomic mass is 32.1. The summed E-state index contributed by atoms with van der Waals surface area (Å²) >= 11 is 4.21. The first-order chi connectivity index (χ1) is 6.38. The summed E-state index contributed by atoms with van der Waals surface area (Å²) in [5.74, 6) is 0.958. The van der Waals surface area contributed by atoms with Gasteiger partial charge in [-0.25, -0.2) is 0 Å². The van der Waals surface area contributed by atoms with Gasteiger partial charge in [0.05, 0.1) is 0 Å². The Morgan fingerprint density at radius 3 is 2.54 bits per heavy atom. The molecular formula is C10H16OSSi. The van der Waals surface area contributed by atoms with Gasteiger partial charge in [0.25, 0.3) is 0 Å². The summed E-state index contributed by atoms with van der Waals surface area (Å²) in [7, 11) is 0.684. The Hall–Kier alpha value is -0.253. The Balaban J connectivity index is 2.56. The lowest BCUT2D eigenvalue weighted by molar-refractivity contribution is 0.428. The molecular weight excluding hydrogens is 196 g/mol. The zero-order chi connectivity index (χ0) is 9.52. The molecule has 72 valence electrons. The summed E-state index contributed by atoms with van der Waals surface area (Å²) < 4.78 is 5.54. The van der Waals surface area contributed by atoms with Crippen LogP contribution < -0.4 is 5.19 Å². The molecule has 0 saturated heterocycles. The molecule has 1 atom stereocenters. The minimum Gasteiger partial charge on any atom is -0.418 e. The highest BCUT2D eigenvalue weighted by Crippen LogP contribution is 2.01. The lowest BCUT2D eigenvalue weighted by Gasteiger charge is -2.12. The lowest BCUT2D eigenvalue weighted by Crippen LogP contribution is -2.32. The van der Waals surface area contributed by atoms with Gasteiger partial charge in [0, 0.05) is 7.11 Å². The van der Waals surface area contributed by atoms with Crippen molar-refractivity contribution < 1.29 is 4.43 Å². The zero-order valence-electron chi connectivity index (χ0n) is 7.94. The molecule has 1 rings (SSSR count). The summed E-state index contributed by atoms with van der Waals surface area (Å²) in [6, 6.07) is 11.7. The first kappa shape index (κ1) is 10.8. The van der Waals surface area contributed by atoms with Crippen LogP contribution in [0.15, 0.2) is 30.3 Å². The molecule has 1 aromatic carbocycles. The number of rotatable bonds is 5. The summed E-state index contributed by atoms with van der Waals surface area (Å²) in [4.78, 5) is 0. The Bertz CT molecular complexity index is 228. The van der Waals surface area contributed by atoms with Gasteiger partial charge in [-0.05, 0) is 23.4 Å². The quantitative estimate of drug-likeness (QED) is 0.576. The standard InChI is InChI=1S/C10H16OSSi/c1-11-13(9-5-8-12)10-6-3-2-4-7-10/h2-4,6-7,12-13H,5,8-9H2,1H3. The first-order valence-corrected chi connectivity index (χ1v) is 7.07. The fourth-order valence-corrected chi connectivity index (χ4v) is 3.96. The van der Waals surface area contributed by atoms with Gasteiger partial charge in [-0.15, -0.1) is 0 Å². The average molecular weight is 212 g/mol. The Morgan fingerprint density at radius 1 is 1.31 bits per heavy atom. The van der Waals surface area contributed by atoms with Crippen LogP contribution in [0.2, 0.25) is 6.04 Å². The molecule has 0 amide bonds. The summed E-state index contributed by atoms with van der Waals surface area (Å²) in [5.41, 5.74) is 0. The van der Waals surface area contributed by atoms with E-state index < -0.39 is 9.04 Å². The molecule has 0 aliphatic carbocycles. The highest BCUT2D eigenvalue weighted by molar-refractivity contribution is 7.80. The second-order valence-electron chi connectivity index (χ2n) is 3.00. The van der Waals surface area contributed by atoms with Crippen molar-refractivity contribution in [2.24, 2.45) is 0 Å². The third-order valence-corrected chi connectivity index (χ3v) is 5.03. The Morgan fingerprint density at radius 2 is 2.00 bits per heavy atom. The summed E-state index contributed by atoms with van der Waals surface area (Å²) in [5, 5.41) is 1.40. The second kappa shape index (κ2) is 6.24. The number of hydrogen-bond donors (Lipinski definition) is 1. The van der Waals surface area contributed by atoms with Gasteiger partial charge in [-0.2, -0.15) is 12.6 Å². The third-order valence-electron chi connectivity index (χ3n) is 2.08. The molecule has 0 heterocycles. The van der Waals surface area contributed by atoms with Gasteiger partial charge >= 0.3 is 0 Å². The third kappa shape index (κ3) is 3.54. The molecule has 0 fully saturated rings. The van der Waals surface area contributed by atoms with Crippen molar-refractivity contribution in [3.63, 3.8) is 0 Å². The van der Waals surface area contributed by atoms with Crippen LogP contribution in [0.3, 0.4) is 0 Å². The topological polar surface area (TPSA) is 9.23 Å². The monoisotopic (exact) mass is 212 g/mol. The fourth-order valence-electron chi connectivity index (χ4n) is 1.36. The Labute approximate surface area is 87.3 Å². The molecule has 0 aromatic heterocycles. The molecule has 0 N–H and O–H groups in total. The van der Waals surface area contributed by atoms with Gasteiger partial charge in [-0.1, -0.05) is 30.3 Å². The second-order valence-corrected chi connectivity index (χ2v) is 6.14. The van der Waals surface area contributed by atoms with E-state index >= 15 is 0 Å². The van der Waals surface area contributed by atoms with Crippen molar-refractivity contribution in [1.29, 1.82) is 0 Å². The molecule has 0 radical (unpaired) electrons. The van der Waals surface area contributed by atoms with E-state index in [9.17, 15) is 0 Å².